The minimum atomic E-state index is -3.84. The van der Waals surface area contributed by atoms with Gasteiger partial charge in [-0.3, -0.25) is 14.8 Å². The number of carbonyl (C=O) groups excluding carboxylic acids is 2. The number of carbonyl (C=O) groups is 2. The van der Waals surface area contributed by atoms with Gasteiger partial charge in [0.15, 0.2) is 0 Å². The quantitative estimate of drug-likeness (QED) is 0.258. The van der Waals surface area contributed by atoms with E-state index in [4.69, 9.17) is 15.7 Å². The molecule has 0 aliphatic rings. The summed E-state index contributed by atoms with van der Waals surface area (Å²) in [6.45, 7) is 1.90. The highest BCUT2D eigenvalue weighted by Gasteiger charge is 2.18. The molecule has 0 bridgehead atoms. The van der Waals surface area contributed by atoms with Crippen LogP contribution in [0.2, 0.25) is 0 Å². The van der Waals surface area contributed by atoms with Gasteiger partial charge in [-0.25, -0.2) is 18.6 Å². The van der Waals surface area contributed by atoms with Crippen LogP contribution in [0.4, 0.5) is 0 Å². The van der Waals surface area contributed by atoms with E-state index in [0.29, 0.717) is 23.3 Å². The van der Waals surface area contributed by atoms with E-state index in [1.54, 1.807) is 24.5 Å². The molecule has 0 unspecified atom stereocenters. The Labute approximate surface area is 168 Å². The number of aryl methyl sites for hydroxylation is 1. The van der Waals surface area contributed by atoms with E-state index in [0.717, 1.165) is 0 Å². The number of benzene rings is 2. The second-order valence-electron chi connectivity index (χ2n) is 6.26. The minimum Gasteiger partial charge on any atom is -0.494 e. The summed E-state index contributed by atoms with van der Waals surface area (Å²) in [5, 5.41) is 8.87. The van der Waals surface area contributed by atoms with E-state index in [1.165, 1.54) is 30.3 Å². The van der Waals surface area contributed by atoms with Gasteiger partial charge in [-0.15, -0.1) is 0 Å². The van der Waals surface area contributed by atoms with E-state index in [2.05, 4.69) is 4.72 Å². The van der Waals surface area contributed by atoms with Crippen LogP contribution in [0, 0.1) is 6.92 Å². The summed E-state index contributed by atoms with van der Waals surface area (Å²) in [6, 6.07) is 10.7. The first-order valence-electron chi connectivity index (χ1n) is 8.78. The molecule has 0 aromatic heterocycles. The second kappa shape index (κ2) is 10.0. The van der Waals surface area contributed by atoms with Crippen LogP contribution in [0.15, 0.2) is 47.4 Å². The van der Waals surface area contributed by atoms with Crippen molar-refractivity contribution in [1.29, 1.82) is 0 Å². The molecule has 2 aromatic carbocycles. The fourth-order valence-corrected chi connectivity index (χ4v) is 3.61. The number of nitrogens with two attached hydrogens (primary N) is 1. The van der Waals surface area contributed by atoms with Gasteiger partial charge in [-0.2, -0.15) is 0 Å². The van der Waals surface area contributed by atoms with Crippen molar-refractivity contribution in [3.05, 3.63) is 59.2 Å². The van der Waals surface area contributed by atoms with E-state index < -0.39 is 21.8 Å². The molecule has 0 radical (unpaired) electrons. The molecule has 0 heterocycles. The number of amides is 2. The molecule has 0 fully saturated rings. The fourth-order valence-electron chi connectivity index (χ4n) is 2.61. The molecule has 156 valence electrons. The van der Waals surface area contributed by atoms with Gasteiger partial charge in [0.2, 0.25) is 15.9 Å². The van der Waals surface area contributed by atoms with Crippen LogP contribution in [-0.4, -0.2) is 32.0 Å². The van der Waals surface area contributed by atoms with Gasteiger partial charge in [0, 0.05) is 18.5 Å². The Morgan fingerprint density at radius 1 is 1.14 bits per heavy atom. The third-order valence-corrected chi connectivity index (χ3v) is 5.58. The van der Waals surface area contributed by atoms with Gasteiger partial charge in [0.1, 0.15) is 5.75 Å². The normalized spacial score (nSPS) is 11.1. The first-order valence-corrected chi connectivity index (χ1v) is 10.3. The van der Waals surface area contributed by atoms with Crippen LogP contribution in [0.1, 0.15) is 34.3 Å². The van der Waals surface area contributed by atoms with Crippen LogP contribution in [0.25, 0.3) is 0 Å². The molecule has 0 atom stereocenters. The number of rotatable bonds is 10. The van der Waals surface area contributed by atoms with Crippen molar-refractivity contribution in [3.8, 4) is 5.75 Å². The summed E-state index contributed by atoms with van der Waals surface area (Å²) in [6.07, 6.45) is 0.683. The molecule has 2 rings (SSSR count). The molecule has 2 aromatic rings. The summed E-state index contributed by atoms with van der Waals surface area (Å²) < 4.78 is 33.0. The number of hydroxylamine groups is 1. The summed E-state index contributed by atoms with van der Waals surface area (Å²) in [5.41, 5.74) is 7.94. The van der Waals surface area contributed by atoms with Crippen LogP contribution in [0.5, 0.6) is 5.75 Å². The molecular weight excluding hydrogens is 398 g/mol. The molecule has 0 saturated heterocycles. The smallest absolute Gasteiger partial charge is 0.274 e. The Morgan fingerprint density at radius 2 is 1.83 bits per heavy atom. The highest BCUT2D eigenvalue weighted by molar-refractivity contribution is 7.89. The van der Waals surface area contributed by atoms with Crippen molar-refractivity contribution in [2.45, 2.75) is 31.2 Å². The van der Waals surface area contributed by atoms with Crippen molar-refractivity contribution in [3.63, 3.8) is 0 Å². The van der Waals surface area contributed by atoms with Gasteiger partial charge in [-0.1, -0.05) is 12.1 Å². The third kappa shape index (κ3) is 6.28. The zero-order chi connectivity index (χ0) is 21.4. The lowest BCUT2D eigenvalue weighted by molar-refractivity contribution is -0.118. The minimum absolute atomic E-state index is 0.0312. The molecular formula is C19H23N3O6S. The lowest BCUT2D eigenvalue weighted by Crippen LogP contribution is -2.27. The molecule has 9 nitrogen and oxygen atoms in total. The first-order chi connectivity index (χ1) is 13.7. The second-order valence-corrected chi connectivity index (χ2v) is 8.02. The van der Waals surface area contributed by atoms with Crippen LogP contribution in [0.3, 0.4) is 0 Å². The zero-order valence-electron chi connectivity index (χ0n) is 15.8. The summed E-state index contributed by atoms with van der Waals surface area (Å²) >= 11 is 0. The average Bonchev–Trinajstić information content (AvgIpc) is 2.69. The molecule has 0 spiro atoms. The summed E-state index contributed by atoms with van der Waals surface area (Å²) in [5.74, 6) is -0.663. The number of nitrogens with one attached hydrogen (secondary N) is 2. The number of ether oxygens (including phenoxy) is 1. The third-order valence-electron chi connectivity index (χ3n) is 4.17. The SMILES string of the molecule is Cc1cccc(C(=O)NO)c1CNS(=O)(=O)c1ccc(OCCCC(N)=O)cc1. The van der Waals surface area contributed by atoms with Crippen molar-refractivity contribution in [1.82, 2.24) is 10.2 Å². The van der Waals surface area contributed by atoms with Crippen molar-refractivity contribution in [2.24, 2.45) is 5.73 Å². The Kier molecular flexibility index (Phi) is 7.71. The van der Waals surface area contributed by atoms with Gasteiger partial charge >= 0.3 is 0 Å². The Morgan fingerprint density at radius 3 is 2.45 bits per heavy atom. The first kappa shape index (κ1) is 22.3. The summed E-state index contributed by atoms with van der Waals surface area (Å²) in [7, 11) is -3.84. The average molecular weight is 421 g/mol. The number of primary amides is 1. The van der Waals surface area contributed by atoms with Crippen LogP contribution in [-0.2, 0) is 21.4 Å². The van der Waals surface area contributed by atoms with E-state index in [-0.39, 0.29) is 30.0 Å². The summed E-state index contributed by atoms with van der Waals surface area (Å²) in [4.78, 5) is 22.5. The molecule has 2 amide bonds. The van der Waals surface area contributed by atoms with Crippen molar-refractivity contribution < 1.29 is 28.0 Å². The van der Waals surface area contributed by atoms with Crippen molar-refractivity contribution in [2.75, 3.05) is 6.61 Å². The Balaban J connectivity index is 2.05. The largest absolute Gasteiger partial charge is 0.494 e. The number of hydrogen-bond acceptors (Lipinski definition) is 6. The monoisotopic (exact) mass is 421 g/mol. The van der Waals surface area contributed by atoms with Gasteiger partial charge in [0.25, 0.3) is 5.91 Å². The molecule has 10 heteroatoms. The standard InChI is InChI=1S/C19H23N3O6S/c1-13-4-2-5-16(19(24)22-25)17(13)12-21-29(26,27)15-9-7-14(8-10-15)28-11-3-6-18(20)23/h2,4-5,7-10,21,25H,3,6,11-12H2,1H3,(H2,20,23)(H,22,24). The maximum Gasteiger partial charge on any atom is 0.274 e. The lowest BCUT2D eigenvalue weighted by atomic mass is 10.0. The Hall–Kier alpha value is -2.95. The predicted octanol–water partition coefficient (Wildman–Crippen LogP) is 1.24. The number of hydrogen-bond donors (Lipinski definition) is 4. The number of sulfonamides is 1. The highest BCUT2D eigenvalue weighted by atomic mass is 32.2. The molecule has 0 aliphatic heterocycles. The van der Waals surface area contributed by atoms with Gasteiger partial charge in [0.05, 0.1) is 11.5 Å². The van der Waals surface area contributed by atoms with E-state index in [9.17, 15) is 18.0 Å². The molecule has 29 heavy (non-hydrogen) atoms. The Bertz CT molecular complexity index is 974. The predicted molar refractivity (Wildman–Crippen MR) is 105 cm³/mol. The highest BCUT2D eigenvalue weighted by Crippen LogP contribution is 2.18. The maximum absolute atomic E-state index is 12.6. The maximum atomic E-state index is 12.6. The van der Waals surface area contributed by atoms with Crippen LogP contribution >= 0.6 is 0 Å². The van der Waals surface area contributed by atoms with Crippen molar-refractivity contribution >= 4 is 21.8 Å². The van der Waals surface area contributed by atoms with Gasteiger partial charge < -0.3 is 10.5 Å². The van der Waals surface area contributed by atoms with E-state index in [1.807, 2.05) is 0 Å². The molecule has 0 aliphatic carbocycles. The fraction of sp³-hybridized carbons (Fsp3) is 0.263. The zero-order valence-corrected chi connectivity index (χ0v) is 16.7. The van der Waals surface area contributed by atoms with Crippen LogP contribution < -0.4 is 20.7 Å². The lowest BCUT2D eigenvalue weighted by Gasteiger charge is -2.13. The van der Waals surface area contributed by atoms with E-state index >= 15 is 0 Å². The molecule has 5 N–H and O–H groups in total. The van der Waals surface area contributed by atoms with Gasteiger partial charge in [-0.05, 0) is 54.8 Å². The topological polar surface area (TPSA) is 148 Å². The molecule has 0 saturated carbocycles.